The molecule has 0 fully saturated rings. The minimum Gasteiger partial charge on any atom is -0.326 e. The van der Waals surface area contributed by atoms with Crippen molar-refractivity contribution in [2.75, 3.05) is 10.2 Å². The Kier molecular flexibility index (Phi) is 3.75. The van der Waals surface area contributed by atoms with Crippen LogP contribution in [0.3, 0.4) is 0 Å². The second kappa shape index (κ2) is 6.06. The molecule has 1 heterocycles. The van der Waals surface area contributed by atoms with Crippen molar-refractivity contribution < 1.29 is 4.79 Å². The number of hydrogen-bond acceptors (Lipinski definition) is 3. The molecule has 1 N–H and O–H groups in total. The summed E-state index contributed by atoms with van der Waals surface area (Å²) in [5.74, 6) is -0.0622. The molecular weight excluding hydrogens is 316 g/mol. The lowest BCUT2D eigenvalue weighted by Crippen LogP contribution is -2.14. The normalized spacial score (nSPS) is 12.3. The zero-order chi connectivity index (χ0) is 16.5. The third kappa shape index (κ3) is 2.65. The van der Waals surface area contributed by atoms with Gasteiger partial charge in [-0.2, -0.15) is 0 Å². The molecule has 0 spiro atoms. The van der Waals surface area contributed by atoms with E-state index in [1.807, 2.05) is 24.3 Å². The predicted molar refractivity (Wildman–Crippen MR) is 99.6 cm³/mol. The van der Waals surface area contributed by atoms with Gasteiger partial charge in [0.15, 0.2) is 0 Å². The second-order valence-corrected chi connectivity index (χ2v) is 6.68. The summed E-state index contributed by atoms with van der Waals surface area (Å²) < 4.78 is 0. The molecule has 0 saturated heterocycles. The van der Waals surface area contributed by atoms with Crippen LogP contribution in [0.4, 0.5) is 22.7 Å². The number of amides is 1. The number of carbonyl (C=O) groups is 1. The summed E-state index contributed by atoms with van der Waals surface area (Å²) in [4.78, 5) is 15.9. The van der Waals surface area contributed by atoms with Gasteiger partial charge < -0.3 is 10.2 Å². The van der Waals surface area contributed by atoms with Crippen molar-refractivity contribution in [2.24, 2.45) is 0 Å². The van der Waals surface area contributed by atoms with E-state index in [1.54, 1.807) is 11.8 Å². The van der Waals surface area contributed by atoms with Crippen molar-refractivity contribution in [3.05, 3.63) is 72.8 Å². The summed E-state index contributed by atoms with van der Waals surface area (Å²) in [6, 6.07) is 24.8. The highest BCUT2D eigenvalue weighted by Crippen LogP contribution is 2.51. The molecule has 0 aromatic heterocycles. The largest absolute Gasteiger partial charge is 0.326 e. The van der Waals surface area contributed by atoms with Crippen LogP contribution in [0.1, 0.15) is 6.92 Å². The maximum Gasteiger partial charge on any atom is 0.221 e. The van der Waals surface area contributed by atoms with Crippen molar-refractivity contribution >= 4 is 40.4 Å². The van der Waals surface area contributed by atoms with Gasteiger partial charge in [-0.15, -0.1) is 0 Å². The zero-order valence-electron chi connectivity index (χ0n) is 13.2. The van der Waals surface area contributed by atoms with Crippen LogP contribution in [-0.4, -0.2) is 5.91 Å². The number of carbonyl (C=O) groups excluding carboxylic acids is 1. The number of anilines is 4. The van der Waals surface area contributed by atoms with Gasteiger partial charge in [0.2, 0.25) is 5.91 Å². The number of rotatable bonds is 2. The molecule has 1 aliphatic rings. The summed E-state index contributed by atoms with van der Waals surface area (Å²) in [5.41, 5.74) is 4.23. The molecule has 0 aliphatic carbocycles. The van der Waals surface area contributed by atoms with E-state index >= 15 is 0 Å². The van der Waals surface area contributed by atoms with Crippen molar-refractivity contribution in [2.45, 2.75) is 16.7 Å². The molecule has 3 aromatic carbocycles. The Bertz CT molecular complexity index is 860. The smallest absolute Gasteiger partial charge is 0.221 e. The lowest BCUT2D eigenvalue weighted by molar-refractivity contribution is -0.114. The first-order chi connectivity index (χ1) is 11.7. The SMILES string of the molecule is CC(=O)Nc1ccc(N2c3ccccc3Sc3ccccc32)cc1. The Labute approximate surface area is 145 Å². The Morgan fingerprint density at radius 3 is 1.92 bits per heavy atom. The first-order valence-corrected chi connectivity index (χ1v) is 8.58. The van der Waals surface area contributed by atoms with Gasteiger partial charge in [0.25, 0.3) is 0 Å². The van der Waals surface area contributed by atoms with Crippen LogP contribution >= 0.6 is 11.8 Å². The average molecular weight is 332 g/mol. The fourth-order valence-corrected chi connectivity index (χ4v) is 3.94. The number of para-hydroxylation sites is 2. The molecule has 3 aromatic rings. The van der Waals surface area contributed by atoms with Crippen molar-refractivity contribution in [1.29, 1.82) is 0 Å². The van der Waals surface area contributed by atoms with E-state index in [-0.39, 0.29) is 5.91 Å². The van der Waals surface area contributed by atoms with Gasteiger partial charge in [0.05, 0.1) is 11.4 Å². The van der Waals surface area contributed by atoms with Crippen LogP contribution in [0.2, 0.25) is 0 Å². The first kappa shape index (κ1) is 14.8. The quantitative estimate of drug-likeness (QED) is 0.520. The molecule has 0 unspecified atom stereocenters. The van der Waals surface area contributed by atoms with E-state index in [0.29, 0.717) is 0 Å². The number of benzene rings is 3. The van der Waals surface area contributed by atoms with Crippen LogP contribution in [0.15, 0.2) is 82.6 Å². The molecule has 1 aliphatic heterocycles. The Balaban J connectivity index is 1.81. The zero-order valence-corrected chi connectivity index (χ0v) is 14.0. The highest BCUT2D eigenvalue weighted by Gasteiger charge is 2.23. The summed E-state index contributed by atoms with van der Waals surface area (Å²) in [5, 5.41) is 2.81. The summed E-state index contributed by atoms with van der Waals surface area (Å²) in [7, 11) is 0. The average Bonchev–Trinajstić information content (AvgIpc) is 2.60. The monoisotopic (exact) mass is 332 g/mol. The van der Waals surface area contributed by atoms with Crippen LogP contribution < -0.4 is 10.2 Å². The second-order valence-electron chi connectivity index (χ2n) is 5.60. The van der Waals surface area contributed by atoms with Crippen LogP contribution in [-0.2, 0) is 4.79 Å². The maximum atomic E-state index is 11.2. The molecule has 0 radical (unpaired) electrons. The maximum absolute atomic E-state index is 11.2. The van der Waals surface area contributed by atoms with Crippen molar-refractivity contribution in [3.8, 4) is 0 Å². The van der Waals surface area contributed by atoms with Crippen molar-refractivity contribution in [1.82, 2.24) is 0 Å². The van der Waals surface area contributed by atoms with E-state index in [2.05, 4.69) is 58.7 Å². The fraction of sp³-hybridized carbons (Fsp3) is 0.0500. The third-order valence-corrected chi connectivity index (χ3v) is 5.01. The van der Waals surface area contributed by atoms with E-state index in [1.165, 1.54) is 28.1 Å². The van der Waals surface area contributed by atoms with Crippen LogP contribution in [0, 0.1) is 0 Å². The fourth-order valence-electron chi connectivity index (χ4n) is 2.88. The minimum absolute atomic E-state index is 0.0622. The van der Waals surface area contributed by atoms with E-state index in [0.717, 1.165) is 11.4 Å². The van der Waals surface area contributed by atoms with E-state index in [9.17, 15) is 4.79 Å². The molecule has 0 bridgehead atoms. The number of fused-ring (bicyclic) bond motifs is 2. The highest BCUT2D eigenvalue weighted by molar-refractivity contribution is 7.99. The third-order valence-electron chi connectivity index (χ3n) is 3.88. The topological polar surface area (TPSA) is 32.3 Å². The van der Waals surface area contributed by atoms with Gasteiger partial charge in [-0.1, -0.05) is 36.0 Å². The van der Waals surface area contributed by atoms with Crippen LogP contribution in [0.5, 0.6) is 0 Å². The molecule has 0 atom stereocenters. The Morgan fingerprint density at radius 1 is 0.833 bits per heavy atom. The summed E-state index contributed by atoms with van der Waals surface area (Å²) in [6.45, 7) is 1.52. The summed E-state index contributed by atoms with van der Waals surface area (Å²) in [6.07, 6.45) is 0. The number of nitrogens with zero attached hydrogens (tertiary/aromatic N) is 1. The van der Waals surface area contributed by atoms with Gasteiger partial charge in [-0.05, 0) is 48.5 Å². The molecule has 118 valence electrons. The van der Waals surface area contributed by atoms with Gasteiger partial charge >= 0.3 is 0 Å². The Morgan fingerprint density at radius 2 is 1.38 bits per heavy atom. The molecule has 4 heteroatoms. The van der Waals surface area contributed by atoms with Crippen molar-refractivity contribution in [3.63, 3.8) is 0 Å². The molecule has 1 amide bonds. The lowest BCUT2D eigenvalue weighted by atomic mass is 10.1. The lowest BCUT2D eigenvalue weighted by Gasteiger charge is -2.32. The molecule has 0 saturated carbocycles. The first-order valence-electron chi connectivity index (χ1n) is 7.76. The van der Waals surface area contributed by atoms with Gasteiger partial charge in [0, 0.05) is 28.1 Å². The molecular formula is C20H16N2OS. The number of hydrogen-bond donors (Lipinski definition) is 1. The minimum atomic E-state index is -0.0622. The standard InChI is InChI=1S/C20H16N2OS/c1-14(23)21-15-10-12-16(13-11-15)22-17-6-2-4-8-19(17)24-20-9-5-3-7-18(20)22/h2-13H,1H3,(H,21,23). The van der Waals surface area contributed by atoms with Crippen LogP contribution in [0.25, 0.3) is 0 Å². The van der Waals surface area contributed by atoms with Gasteiger partial charge in [-0.3, -0.25) is 4.79 Å². The van der Waals surface area contributed by atoms with E-state index < -0.39 is 0 Å². The highest BCUT2D eigenvalue weighted by atomic mass is 32.2. The molecule has 3 nitrogen and oxygen atoms in total. The molecule has 4 rings (SSSR count). The molecule has 24 heavy (non-hydrogen) atoms. The Hall–Kier alpha value is -2.72. The predicted octanol–water partition coefficient (Wildman–Crippen LogP) is 5.58. The van der Waals surface area contributed by atoms with E-state index in [4.69, 9.17) is 0 Å². The summed E-state index contributed by atoms with van der Waals surface area (Å²) >= 11 is 1.79. The number of nitrogens with one attached hydrogen (secondary N) is 1. The van der Waals surface area contributed by atoms with Gasteiger partial charge in [0.1, 0.15) is 0 Å². The van der Waals surface area contributed by atoms with Gasteiger partial charge in [-0.25, -0.2) is 0 Å².